The van der Waals surface area contributed by atoms with Gasteiger partial charge in [-0.3, -0.25) is 0 Å². The van der Waals surface area contributed by atoms with Gasteiger partial charge < -0.3 is 15.0 Å². The molecule has 0 atom stereocenters. The molecule has 0 bridgehead atoms. The van der Waals surface area contributed by atoms with Crippen molar-refractivity contribution in [1.29, 1.82) is 0 Å². The van der Waals surface area contributed by atoms with Crippen LogP contribution in [0.15, 0.2) is 42.6 Å². The van der Waals surface area contributed by atoms with Gasteiger partial charge in [-0.25, -0.2) is 9.37 Å². The van der Waals surface area contributed by atoms with Crippen LogP contribution in [-0.4, -0.2) is 26.1 Å². The lowest BCUT2D eigenvalue weighted by Crippen LogP contribution is -2.24. The van der Waals surface area contributed by atoms with Crippen LogP contribution in [0.2, 0.25) is 0 Å². The fourth-order valence-electron chi connectivity index (χ4n) is 2.36. The molecule has 0 N–H and O–H groups in total. The minimum Gasteiger partial charge on any atom is -0.358 e. The van der Waals surface area contributed by atoms with Gasteiger partial charge in [0.25, 0.3) is 0 Å². The standard InChI is InChI=1S/C15H14FN5O2/c1-2-19(10-11-4-3-5-12(16)8-11)14-7-6-13-17-9-15(21(22)23)20(13)18-14/h3-9H,2,10H2,1H3. The average Bonchev–Trinajstić information content (AvgIpc) is 2.96. The van der Waals surface area contributed by atoms with E-state index < -0.39 is 4.92 Å². The lowest BCUT2D eigenvalue weighted by atomic mass is 10.2. The van der Waals surface area contributed by atoms with Crippen LogP contribution in [0.3, 0.4) is 0 Å². The van der Waals surface area contributed by atoms with Crippen LogP contribution in [0.4, 0.5) is 16.0 Å². The molecule has 0 aliphatic carbocycles. The third-order valence-corrected chi connectivity index (χ3v) is 3.49. The van der Waals surface area contributed by atoms with E-state index in [-0.39, 0.29) is 11.6 Å². The maximum Gasteiger partial charge on any atom is 0.368 e. The number of nitro groups is 1. The number of imidazole rings is 1. The van der Waals surface area contributed by atoms with Crippen LogP contribution in [0.25, 0.3) is 5.65 Å². The number of halogens is 1. The van der Waals surface area contributed by atoms with E-state index in [0.29, 0.717) is 24.6 Å². The number of hydrogen-bond donors (Lipinski definition) is 0. The second-order valence-corrected chi connectivity index (χ2v) is 4.98. The third-order valence-electron chi connectivity index (χ3n) is 3.49. The highest BCUT2D eigenvalue weighted by atomic mass is 19.1. The van der Waals surface area contributed by atoms with Crippen LogP contribution >= 0.6 is 0 Å². The zero-order valence-electron chi connectivity index (χ0n) is 12.4. The largest absolute Gasteiger partial charge is 0.368 e. The molecule has 118 valence electrons. The number of benzene rings is 1. The van der Waals surface area contributed by atoms with Crippen LogP contribution in [0, 0.1) is 15.9 Å². The zero-order valence-corrected chi connectivity index (χ0v) is 12.4. The fourth-order valence-corrected chi connectivity index (χ4v) is 2.36. The van der Waals surface area contributed by atoms with Crippen molar-refractivity contribution in [2.45, 2.75) is 13.5 Å². The summed E-state index contributed by atoms with van der Waals surface area (Å²) >= 11 is 0. The molecule has 0 fully saturated rings. The topological polar surface area (TPSA) is 76.6 Å². The monoisotopic (exact) mass is 315 g/mol. The van der Waals surface area contributed by atoms with Crippen LogP contribution in [0.5, 0.6) is 0 Å². The molecule has 3 rings (SSSR count). The molecule has 8 heteroatoms. The number of aromatic nitrogens is 3. The van der Waals surface area contributed by atoms with Crippen molar-refractivity contribution >= 4 is 17.3 Å². The predicted octanol–water partition coefficient (Wildman–Crippen LogP) is 2.80. The Labute approximate surface area is 131 Å². The maximum atomic E-state index is 13.3. The van der Waals surface area contributed by atoms with Gasteiger partial charge in [-0.1, -0.05) is 21.7 Å². The van der Waals surface area contributed by atoms with E-state index in [9.17, 15) is 14.5 Å². The molecule has 0 aliphatic heterocycles. The Balaban J connectivity index is 1.96. The van der Waals surface area contributed by atoms with Crippen LogP contribution in [0.1, 0.15) is 12.5 Å². The van der Waals surface area contributed by atoms with E-state index >= 15 is 0 Å². The molecule has 0 amide bonds. The highest BCUT2D eigenvalue weighted by Crippen LogP contribution is 2.19. The summed E-state index contributed by atoms with van der Waals surface area (Å²) < 4.78 is 14.5. The smallest absolute Gasteiger partial charge is 0.358 e. The minimum atomic E-state index is -0.528. The predicted molar refractivity (Wildman–Crippen MR) is 82.8 cm³/mol. The Morgan fingerprint density at radius 2 is 2.17 bits per heavy atom. The molecule has 0 saturated heterocycles. The minimum absolute atomic E-state index is 0.191. The molecule has 2 heterocycles. The average molecular weight is 315 g/mol. The highest BCUT2D eigenvalue weighted by molar-refractivity contribution is 5.49. The Hall–Kier alpha value is -3.03. The number of anilines is 1. The summed E-state index contributed by atoms with van der Waals surface area (Å²) in [6.45, 7) is 3.01. The first-order valence-electron chi connectivity index (χ1n) is 7.07. The fraction of sp³-hybridized carbons (Fsp3) is 0.200. The van der Waals surface area contributed by atoms with E-state index in [0.717, 1.165) is 5.56 Å². The van der Waals surface area contributed by atoms with Gasteiger partial charge in [-0.05, 0) is 35.6 Å². The maximum absolute atomic E-state index is 13.3. The molecule has 0 radical (unpaired) electrons. The molecule has 3 aromatic rings. The van der Waals surface area contributed by atoms with Gasteiger partial charge in [0.1, 0.15) is 12.0 Å². The summed E-state index contributed by atoms with van der Waals surface area (Å²) in [5.41, 5.74) is 1.20. The van der Waals surface area contributed by atoms with E-state index in [1.807, 2.05) is 17.9 Å². The first-order valence-corrected chi connectivity index (χ1v) is 7.07. The molecule has 0 aliphatic rings. The molecule has 0 spiro atoms. The van der Waals surface area contributed by atoms with Crippen molar-refractivity contribution in [3.8, 4) is 0 Å². The summed E-state index contributed by atoms with van der Waals surface area (Å²) in [6, 6.07) is 9.73. The second kappa shape index (κ2) is 5.99. The molecule has 2 aromatic heterocycles. The Bertz CT molecular complexity index is 864. The van der Waals surface area contributed by atoms with Gasteiger partial charge in [0.15, 0.2) is 5.82 Å². The second-order valence-electron chi connectivity index (χ2n) is 4.98. The van der Waals surface area contributed by atoms with Gasteiger partial charge >= 0.3 is 5.82 Å². The Morgan fingerprint density at radius 3 is 2.87 bits per heavy atom. The molecule has 0 saturated carbocycles. The van der Waals surface area contributed by atoms with Gasteiger partial charge in [-0.15, -0.1) is 0 Å². The van der Waals surface area contributed by atoms with Gasteiger partial charge in [0, 0.05) is 19.2 Å². The Morgan fingerprint density at radius 1 is 1.35 bits per heavy atom. The summed E-state index contributed by atoms with van der Waals surface area (Å²) in [5.74, 6) is 0.0706. The highest BCUT2D eigenvalue weighted by Gasteiger charge is 2.18. The van der Waals surface area contributed by atoms with Gasteiger partial charge in [0.2, 0.25) is 5.65 Å². The van der Waals surface area contributed by atoms with E-state index in [1.54, 1.807) is 18.2 Å². The number of rotatable bonds is 5. The zero-order chi connectivity index (χ0) is 16.4. The van der Waals surface area contributed by atoms with Crippen molar-refractivity contribution in [3.05, 3.63) is 64.1 Å². The summed E-state index contributed by atoms with van der Waals surface area (Å²) in [4.78, 5) is 16.3. The van der Waals surface area contributed by atoms with Crippen molar-refractivity contribution < 1.29 is 9.31 Å². The molecular weight excluding hydrogens is 301 g/mol. The molecule has 7 nitrogen and oxygen atoms in total. The first-order chi connectivity index (χ1) is 11.1. The normalized spacial score (nSPS) is 10.9. The lowest BCUT2D eigenvalue weighted by Gasteiger charge is -2.20. The summed E-state index contributed by atoms with van der Waals surface area (Å²) in [7, 11) is 0. The lowest BCUT2D eigenvalue weighted by molar-refractivity contribution is -0.391. The number of nitrogens with zero attached hydrogens (tertiary/aromatic N) is 5. The van der Waals surface area contributed by atoms with E-state index in [4.69, 9.17) is 0 Å². The summed E-state index contributed by atoms with van der Waals surface area (Å²) in [5, 5.41) is 15.3. The molecule has 0 unspecified atom stereocenters. The van der Waals surface area contributed by atoms with Crippen molar-refractivity contribution in [1.82, 2.24) is 14.6 Å². The molecule has 1 aromatic carbocycles. The van der Waals surface area contributed by atoms with Gasteiger partial charge in [0.05, 0.1) is 0 Å². The first kappa shape index (κ1) is 14.9. The number of fused-ring (bicyclic) bond motifs is 1. The third kappa shape index (κ3) is 2.96. The van der Waals surface area contributed by atoms with Crippen molar-refractivity contribution in [2.24, 2.45) is 0 Å². The quantitative estimate of drug-likeness (QED) is 0.534. The summed E-state index contributed by atoms with van der Waals surface area (Å²) in [6.07, 6.45) is 1.18. The van der Waals surface area contributed by atoms with E-state index in [2.05, 4.69) is 10.1 Å². The molecule has 23 heavy (non-hydrogen) atoms. The molecular formula is C15H14FN5O2. The van der Waals surface area contributed by atoms with Gasteiger partial charge in [-0.2, -0.15) is 0 Å². The van der Waals surface area contributed by atoms with Crippen LogP contribution < -0.4 is 4.90 Å². The van der Waals surface area contributed by atoms with Crippen molar-refractivity contribution in [3.63, 3.8) is 0 Å². The van der Waals surface area contributed by atoms with Crippen molar-refractivity contribution in [2.75, 3.05) is 11.4 Å². The van der Waals surface area contributed by atoms with Crippen LogP contribution in [-0.2, 0) is 6.54 Å². The number of hydrogen-bond acceptors (Lipinski definition) is 5. The SMILES string of the molecule is CCN(Cc1cccc(F)c1)c1ccc2ncc([N+](=O)[O-])n2n1. The van der Waals surface area contributed by atoms with E-state index in [1.165, 1.54) is 22.8 Å². The Kier molecular flexibility index (Phi) is 3.88.